The van der Waals surface area contributed by atoms with Gasteiger partial charge in [-0.2, -0.15) is 0 Å². The molecule has 3 aliphatic rings. The molecule has 6 rings (SSSR count). The number of carbonyl (C=O) groups is 2. The highest BCUT2D eigenvalue weighted by Crippen LogP contribution is 2.51. The van der Waals surface area contributed by atoms with Gasteiger partial charge in [0.2, 0.25) is 5.72 Å². The molecule has 1 aromatic heterocycles. The fourth-order valence-corrected chi connectivity index (χ4v) is 6.29. The van der Waals surface area contributed by atoms with Crippen LogP contribution < -0.4 is 0 Å². The SMILES string of the molecule is [2H]C([2H])(c1ncc(Cl)cn1)N1C(=O)c2cc([C@](C)(O)C3(F)CCOCC3)cc(F)c2[C@]1(O[C@H]1CCC(=O)C1)c1ccc(Cl)cc1. The molecule has 3 aromatic rings. The standard InChI is InChI=1S/C31H29Cl2F2N3O5/c1-29(41,30(35)8-10-42-11-9-30)19-12-24-27(25(34)13-19)31(18-2-4-20(32)5-3-18,43-23-7-6-22(39)14-23)38(28(24)40)17-26-36-15-21(33)16-37-26/h2-5,12-13,15-16,23,41H,6-11,14,17H2,1H3/t23-,29-,31+/m0/s1/i17D2. The van der Waals surface area contributed by atoms with Crippen molar-refractivity contribution >= 4 is 34.9 Å². The molecule has 1 amide bonds. The van der Waals surface area contributed by atoms with E-state index in [1.54, 1.807) is 0 Å². The molecule has 226 valence electrons. The molecule has 8 nitrogen and oxygen atoms in total. The minimum absolute atomic E-state index is 0.0434. The molecular formula is C31H29Cl2F2N3O5. The van der Waals surface area contributed by atoms with Gasteiger partial charge in [-0.1, -0.05) is 35.3 Å². The van der Waals surface area contributed by atoms with E-state index < -0.39 is 47.1 Å². The van der Waals surface area contributed by atoms with Crippen LogP contribution in [0.2, 0.25) is 10.0 Å². The Morgan fingerprint density at radius 3 is 2.47 bits per heavy atom. The highest BCUT2D eigenvalue weighted by Gasteiger charge is 2.57. The molecule has 2 fully saturated rings. The van der Waals surface area contributed by atoms with Crippen LogP contribution in [0.3, 0.4) is 0 Å². The van der Waals surface area contributed by atoms with Gasteiger partial charge in [0.15, 0.2) is 0 Å². The number of carbonyl (C=O) groups excluding carboxylic acids is 2. The zero-order chi connectivity index (χ0) is 32.4. The Balaban J connectivity index is 1.62. The number of ether oxygens (including phenoxy) is 2. The second kappa shape index (κ2) is 11.2. The lowest BCUT2D eigenvalue weighted by Gasteiger charge is -2.42. The number of aliphatic hydroxyl groups is 1. The van der Waals surface area contributed by atoms with Crippen LogP contribution in [-0.4, -0.2) is 56.7 Å². The number of aromatic nitrogens is 2. The van der Waals surface area contributed by atoms with Gasteiger partial charge in [0.1, 0.15) is 28.7 Å². The number of amides is 1. The molecule has 1 saturated carbocycles. The first-order chi connectivity index (χ1) is 21.2. The van der Waals surface area contributed by atoms with Gasteiger partial charge in [0.05, 0.1) is 31.5 Å². The lowest BCUT2D eigenvalue weighted by molar-refractivity contribution is -0.149. The predicted molar refractivity (Wildman–Crippen MR) is 153 cm³/mol. The number of rotatable bonds is 7. The maximum Gasteiger partial charge on any atom is 0.257 e. The summed E-state index contributed by atoms with van der Waals surface area (Å²) in [4.78, 5) is 35.6. The Kier molecular flexibility index (Phi) is 7.14. The summed E-state index contributed by atoms with van der Waals surface area (Å²) in [6.45, 7) is -1.56. The van der Waals surface area contributed by atoms with Crippen LogP contribution >= 0.6 is 23.2 Å². The quantitative estimate of drug-likeness (QED) is 0.359. The highest BCUT2D eigenvalue weighted by molar-refractivity contribution is 6.30. The summed E-state index contributed by atoms with van der Waals surface area (Å²) in [6.07, 6.45) is 1.53. The van der Waals surface area contributed by atoms with Gasteiger partial charge in [-0.15, -0.1) is 0 Å². The van der Waals surface area contributed by atoms with E-state index in [1.807, 2.05) is 0 Å². The third-order valence-corrected chi connectivity index (χ3v) is 8.95. The monoisotopic (exact) mass is 633 g/mol. The Labute approximate surface area is 259 Å². The first-order valence-corrected chi connectivity index (χ1v) is 14.6. The lowest BCUT2D eigenvalue weighted by Crippen LogP contribution is -2.50. The molecule has 0 unspecified atom stereocenters. The van der Waals surface area contributed by atoms with Crippen molar-refractivity contribution in [2.45, 2.75) is 68.6 Å². The molecule has 12 heteroatoms. The van der Waals surface area contributed by atoms with Crippen LogP contribution in [-0.2, 0) is 32.1 Å². The van der Waals surface area contributed by atoms with Crippen LogP contribution in [0.15, 0.2) is 48.8 Å². The van der Waals surface area contributed by atoms with Crippen molar-refractivity contribution in [2.75, 3.05) is 13.2 Å². The van der Waals surface area contributed by atoms with Crippen molar-refractivity contribution in [3.05, 3.63) is 92.7 Å². The predicted octanol–water partition coefficient (Wildman–Crippen LogP) is 5.64. The summed E-state index contributed by atoms with van der Waals surface area (Å²) in [5, 5.41) is 12.0. The van der Waals surface area contributed by atoms with E-state index in [0.717, 1.165) is 18.5 Å². The minimum Gasteiger partial charge on any atom is -0.382 e. The Morgan fingerprint density at radius 1 is 1.16 bits per heavy atom. The molecule has 1 aliphatic carbocycles. The Bertz CT molecular complexity index is 1660. The lowest BCUT2D eigenvalue weighted by atomic mass is 9.75. The number of Topliss-reactive ketones (excluding diaryl/α,β-unsaturated/α-hetero) is 1. The second-order valence-corrected chi connectivity index (χ2v) is 12.1. The zero-order valence-electron chi connectivity index (χ0n) is 25.1. The van der Waals surface area contributed by atoms with Gasteiger partial charge in [0, 0.05) is 61.9 Å². The third-order valence-electron chi connectivity index (χ3n) is 8.50. The van der Waals surface area contributed by atoms with E-state index in [-0.39, 0.29) is 78.4 Å². The summed E-state index contributed by atoms with van der Waals surface area (Å²) < 4.78 is 63.3. The highest BCUT2D eigenvalue weighted by atomic mass is 35.5. The maximum atomic E-state index is 16.8. The number of nitrogens with zero attached hydrogens (tertiary/aromatic N) is 3. The molecule has 1 N–H and O–H groups in total. The van der Waals surface area contributed by atoms with E-state index in [1.165, 1.54) is 37.3 Å². The van der Waals surface area contributed by atoms with Gasteiger partial charge in [-0.05, 0) is 43.2 Å². The first kappa shape index (κ1) is 27.5. The Morgan fingerprint density at radius 2 is 1.84 bits per heavy atom. The molecule has 3 heterocycles. The van der Waals surface area contributed by atoms with Gasteiger partial charge in [0.25, 0.3) is 5.91 Å². The van der Waals surface area contributed by atoms with E-state index in [0.29, 0.717) is 9.92 Å². The fraction of sp³-hybridized carbons (Fsp3) is 0.419. The van der Waals surface area contributed by atoms with Crippen molar-refractivity contribution in [1.82, 2.24) is 14.9 Å². The second-order valence-electron chi connectivity index (χ2n) is 11.2. The average molecular weight is 635 g/mol. The molecule has 3 atom stereocenters. The van der Waals surface area contributed by atoms with E-state index in [2.05, 4.69) is 9.97 Å². The molecule has 43 heavy (non-hydrogen) atoms. The van der Waals surface area contributed by atoms with Crippen LogP contribution in [0.1, 0.15) is 74.6 Å². The molecule has 2 aliphatic heterocycles. The van der Waals surface area contributed by atoms with Crippen LogP contribution in [0.5, 0.6) is 0 Å². The van der Waals surface area contributed by atoms with Gasteiger partial charge < -0.3 is 14.6 Å². The number of ketones is 1. The number of halogens is 4. The van der Waals surface area contributed by atoms with Crippen molar-refractivity contribution < 1.29 is 35.7 Å². The van der Waals surface area contributed by atoms with E-state index in [4.69, 9.17) is 32.7 Å². The summed E-state index contributed by atoms with van der Waals surface area (Å²) in [5.41, 5.74) is -7.58. The third kappa shape index (κ3) is 5.13. The summed E-state index contributed by atoms with van der Waals surface area (Å²) in [5.74, 6) is -2.68. The normalized spacial score (nSPS) is 25.7. The molecule has 1 saturated heterocycles. The summed E-state index contributed by atoms with van der Waals surface area (Å²) in [6, 6.07) is 8.00. The zero-order valence-corrected chi connectivity index (χ0v) is 24.6. The van der Waals surface area contributed by atoms with E-state index in [9.17, 15) is 17.4 Å². The van der Waals surface area contributed by atoms with Gasteiger partial charge in [-0.25, -0.2) is 18.7 Å². The minimum atomic E-state index is -2.86. The fourth-order valence-electron chi connectivity index (χ4n) is 6.07. The molecule has 0 radical (unpaired) electrons. The topological polar surface area (TPSA) is 102 Å². The molecule has 2 aromatic carbocycles. The number of hydrogen-bond donors (Lipinski definition) is 1. The maximum absolute atomic E-state index is 16.8. The Hall–Kier alpha value is -3.02. The molecule has 0 spiro atoms. The number of fused-ring (bicyclic) bond motifs is 1. The molecule has 0 bridgehead atoms. The van der Waals surface area contributed by atoms with Crippen molar-refractivity contribution in [3.63, 3.8) is 0 Å². The number of benzene rings is 2. The molecular weight excluding hydrogens is 603 g/mol. The first-order valence-electron chi connectivity index (χ1n) is 14.8. The number of hydrogen-bond acceptors (Lipinski definition) is 7. The van der Waals surface area contributed by atoms with Crippen molar-refractivity contribution in [2.24, 2.45) is 0 Å². The summed E-state index contributed by atoms with van der Waals surface area (Å²) in [7, 11) is 0. The van der Waals surface area contributed by atoms with Gasteiger partial charge >= 0.3 is 0 Å². The average Bonchev–Trinajstić information content (AvgIpc) is 3.52. The van der Waals surface area contributed by atoms with Crippen molar-refractivity contribution in [1.29, 1.82) is 0 Å². The smallest absolute Gasteiger partial charge is 0.257 e. The van der Waals surface area contributed by atoms with Crippen LogP contribution in [0.25, 0.3) is 0 Å². The van der Waals surface area contributed by atoms with Gasteiger partial charge in [-0.3, -0.25) is 14.5 Å². The van der Waals surface area contributed by atoms with Crippen molar-refractivity contribution in [3.8, 4) is 0 Å². The van der Waals surface area contributed by atoms with E-state index >= 15 is 8.78 Å². The number of alkyl halides is 1. The van der Waals surface area contributed by atoms with Crippen LogP contribution in [0, 0.1) is 5.82 Å². The summed E-state index contributed by atoms with van der Waals surface area (Å²) >= 11 is 12.2. The van der Waals surface area contributed by atoms with Crippen LogP contribution in [0.4, 0.5) is 8.78 Å². The largest absolute Gasteiger partial charge is 0.382 e.